The van der Waals surface area contributed by atoms with Crippen molar-refractivity contribution in [3.05, 3.63) is 28.6 Å². The van der Waals surface area contributed by atoms with Crippen LogP contribution in [0.4, 0.5) is 5.13 Å². The molecule has 1 fully saturated rings. The molecule has 0 atom stereocenters. The van der Waals surface area contributed by atoms with Gasteiger partial charge in [-0.1, -0.05) is 0 Å². The molecule has 4 heteroatoms. The van der Waals surface area contributed by atoms with Crippen LogP contribution in [0.5, 0.6) is 5.75 Å². The molecule has 100 valence electrons. The Morgan fingerprint density at radius 2 is 2.00 bits per heavy atom. The van der Waals surface area contributed by atoms with Crippen molar-refractivity contribution >= 4 is 16.5 Å². The minimum absolute atomic E-state index is 0.611. The van der Waals surface area contributed by atoms with Gasteiger partial charge in [0.25, 0.3) is 0 Å². The van der Waals surface area contributed by atoms with Gasteiger partial charge in [0, 0.05) is 10.9 Å². The van der Waals surface area contributed by atoms with Gasteiger partial charge in [0.2, 0.25) is 0 Å². The monoisotopic (exact) mass is 274 g/mol. The topological polar surface area (TPSA) is 48.1 Å². The average molecular weight is 274 g/mol. The summed E-state index contributed by atoms with van der Waals surface area (Å²) in [5.74, 6) is 1.80. The lowest BCUT2D eigenvalue weighted by Crippen LogP contribution is -2.02. The van der Waals surface area contributed by atoms with Crippen LogP contribution in [-0.2, 0) is 0 Å². The number of thiazole rings is 1. The van der Waals surface area contributed by atoms with Gasteiger partial charge < -0.3 is 10.5 Å². The van der Waals surface area contributed by atoms with E-state index in [1.165, 1.54) is 35.3 Å². The van der Waals surface area contributed by atoms with E-state index in [0.29, 0.717) is 5.13 Å². The Kier molecular flexibility index (Phi) is 3.19. The molecule has 0 aliphatic heterocycles. The Hall–Kier alpha value is -1.55. The number of nitrogens with zero attached hydrogens (tertiary/aromatic N) is 1. The first-order chi connectivity index (χ1) is 9.13. The van der Waals surface area contributed by atoms with Crippen molar-refractivity contribution in [3.8, 4) is 17.0 Å². The predicted molar refractivity (Wildman–Crippen MR) is 79.7 cm³/mol. The van der Waals surface area contributed by atoms with Crippen molar-refractivity contribution in [2.24, 2.45) is 5.92 Å². The van der Waals surface area contributed by atoms with Crippen LogP contribution in [0.2, 0.25) is 0 Å². The fourth-order valence-corrected chi connectivity index (χ4v) is 2.80. The Morgan fingerprint density at radius 3 is 2.53 bits per heavy atom. The van der Waals surface area contributed by atoms with Crippen molar-refractivity contribution < 1.29 is 4.74 Å². The SMILES string of the molecule is Cc1cc(-c2csc(N)n2)cc(C)c1OCC1CC1. The number of aromatic nitrogens is 1. The van der Waals surface area contributed by atoms with Crippen LogP contribution in [0.25, 0.3) is 11.3 Å². The molecule has 19 heavy (non-hydrogen) atoms. The van der Waals surface area contributed by atoms with Gasteiger partial charge in [-0.2, -0.15) is 0 Å². The molecule has 2 aromatic rings. The molecule has 1 saturated carbocycles. The largest absolute Gasteiger partial charge is 0.493 e. The second-order valence-electron chi connectivity index (χ2n) is 5.26. The molecule has 0 bridgehead atoms. The van der Waals surface area contributed by atoms with E-state index in [4.69, 9.17) is 10.5 Å². The van der Waals surface area contributed by atoms with Crippen LogP contribution < -0.4 is 10.5 Å². The highest BCUT2D eigenvalue weighted by molar-refractivity contribution is 7.13. The summed E-state index contributed by atoms with van der Waals surface area (Å²) in [7, 11) is 0. The number of hydrogen-bond donors (Lipinski definition) is 1. The van der Waals surface area contributed by atoms with Gasteiger partial charge in [-0.05, 0) is 55.9 Å². The molecule has 1 heterocycles. The summed E-state index contributed by atoms with van der Waals surface area (Å²) in [6, 6.07) is 4.26. The van der Waals surface area contributed by atoms with Crippen LogP contribution in [0.15, 0.2) is 17.5 Å². The molecule has 0 spiro atoms. The van der Waals surface area contributed by atoms with E-state index in [0.717, 1.165) is 29.5 Å². The molecule has 1 aliphatic carbocycles. The van der Waals surface area contributed by atoms with Crippen LogP contribution in [0.3, 0.4) is 0 Å². The summed E-state index contributed by atoms with van der Waals surface area (Å²) in [4.78, 5) is 4.33. The summed E-state index contributed by atoms with van der Waals surface area (Å²) in [6.07, 6.45) is 2.63. The number of hydrogen-bond acceptors (Lipinski definition) is 4. The van der Waals surface area contributed by atoms with Gasteiger partial charge in [-0.25, -0.2) is 4.98 Å². The minimum Gasteiger partial charge on any atom is -0.493 e. The third-order valence-electron chi connectivity index (χ3n) is 3.44. The second kappa shape index (κ2) is 4.85. The van der Waals surface area contributed by atoms with E-state index >= 15 is 0 Å². The number of nitrogens with two attached hydrogens (primary N) is 1. The van der Waals surface area contributed by atoms with Crippen molar-refractivity contribution in [2.45, 2.75) is 26.7 Å². The van der Waals surface area contributed by atoms with E-state index in [9.17, 15) is 0 Å². The standard InChI is InChI=1S/C15H18N2OS/c1-9-5-12(13-8-19-15(16)17-13)6-10(2)14(9)18-7-11-3-4-11/h5-6,8,11H,3-4,7H2,1-2H3,(H2,16,17). The Balaban J connectivity index is 1.87. The maximum Gasteiger partial charge on any atom is 0.180 e. The highest BCUT2D eigenvalue weighted by Crippen LogP contribution is 2.34. The quantitative estimate of drug-likeness (QED) is 0.922. The van der Waals surface area contributed by atoms with Crippen LogP contribution in [0.1, 0.15) is 24.0 Å². The molecule has 1 aliphatic rings. The molecule has 0 amide bonds. The van der Waals surface area contributed by atoms with E-state index in [-0.39, 0.29) is 0 Å². The number of benzene rings is 1. The fraction of sp³-hybridized carbons (Fsp3) is 0.400. The van der Waals surface area contributed by atoms with Crippen LogP contribution in [0, 0.1) is 19.8 Å². The molecule has 3 rings (SSSR count). The zero-order chi connectivity index (χ0) is 13.4. The Labute approximate surface area is 117 Å². The van der Waals surface area contributed by atoms with E-state index in [1.807, 2.05) is 5.38 Å². The lowest BCUT2D eigenvalue weighted by Gasteiger charge is -2.13. The lowest BCUT2D eigenvalue weighted by atomic mass is 10.0. The highest BCUT2D eigenvalue weighted by atomic mass is 32.1. The number of anilines is 1. The molecular formula is C15H18N2OS. The summed E-state index contributed by atoms with van der Waals surface area (Å²) in [5, 5.41) is 2.60. The zero-order valence-electron chi connectivity index (χ0n) is 11.3. The van der Waals surface area contributed by atoms with E-state index in [2.05, 4.69) is 31.0 Å². The number of ether oxygens (including phenoxy) is 1. The third-order valence-corrected chi connectivity index (χ3v) is 4.11. The summed E-state index contributed by atoms with van der Waals surface area (Å²) < 4.78 is 5.95. The first-order valence-electron chi connectivity index (χ1n) is 6.59. The maximum absolute atomic E-state index is 5.95. The predicted octanol–water partition coefficient (Wildman–Crippen LogP) is 3.80. The number of rotatable bonds is 4. The van der Waals surface area contributed by atoms with Gasteiger partial charge in [0.15, 0.2) is 5.13 Å². The van der Waals surface area contributed by atoms with Gasteiger partial charge in [0.1, 0.15) is 5.75 Å². The van der Waals surface area contributed by atoms with Crippen molar-refractivity contribution in [1.29, 1.82) is 0 Å². The number of nitrogen functional groups attached to an aromatic ring is 1. The molecule has 1 aromatic carbocycles. The summed E-state index contributed by atoms with van der Waals surface area (Å²) in [6.45, 7) is 5.04. The first kappa shape index (κ1) is 12.5. The molecule has 0 saturated heterocycles. The molecule has 2 N–H and O–H groups in total. The minimum atomic E-state index is 0.611. The average Bonchev–Trinajstić information content (AvgIpc) is 3.08. The maximum atomic E-state index is 5.95. The Morgan fingerprint density at radius 1 is 1.32 bits per heavy atom. The summed E-state index contributed by atoms with van der Waals surface area (Å²) in [5.41, 5.74) is 10.1. The van der Waals surface area contributed by atoms with Gasteiger partial charge in [0.05, 0.1) is 12.3 Å². The third kappa shape index (κ3) is 2.73. The Bertz CT molecular complexity index is 579. The fourth-order valence-electron chi connectivity index (χ4n) is 2.23. The molecule has 0 radical (unpaired) electrons. The van der Waals surface area contributed by atoms with Crippen LogP contribution >= 0.6 is 11.3 Å². The van der Waals surface area contributed by atoms with Crippen LogP contribution in [-0.4, -0.2) is 11.6 Å². The zero-order valence-corrected chi connectivity index (χ0v) is 12.1. The lowest BCUT2D eigenvalue weighted by molar-refractivity contribution is 0.296. The summed E-state index contributed by atoms with van der Waals surface area (Å²) >= 11 is 1.47. The molecule has 1 aromatic heterocycles. The second-order valence-corrected chi connectivity index (χ2v) is 6.15. The van der Waals surface area contributed by atoms with Crippen molar-refractivity contribution in [2.75, 3.05) is 12.3 Å². The van der Waals surface area contributed by atoms with E-state index < -0.39 is 0 Å². The van der Waals surface area contributed by atoms with Gasteiger partial charge in [-0.3, -0.25) is 0 Å². The van der Waals surface area contributed by atoms with Crippen molar-refractivity contribution in [1.82, 2.24) is 4.98 Å². The molecular weight excluding hydrogens is 256 g/mol. The normalized spacial score (nSPS) is 14.6. The first-order valence-corrected chi connectivity index (χ1v) is 7.47. The molecule has 0 unspecified atom stereocenters. The molecule has 3 nitrogen and oxygen atoms in total. The van der Waals surface area contributed by atoms with Crippen molar-refractivity contribution in [3.63, 3.8) is 0 Å². The van der Waals surface area contributed by atoms with Gasteiger partial charge in [-0.15, -0.1) is 11.3 Å². The smallest absolute Gasteiger partial charge is 0.180 e. The van der Waals surface area contributed by atoms with E-state index in [1.54, 1.807) is 0 Å². The van der Waals surface area contributed by atoms with Gasteiger partial charge >= 0.3 is 0 Å². The number of aryl methyl sites for hydroxylation is 2. The highest BCUT2D eigenvalue weighted by Gasteiger charge is 2.22.